The van der Waals surface area contributed by atoms with Crippen LogP contribution in [0.5, 0.6) is 0 Å². The van der Waals surface area contributed by atoms with Crippen LogP contribution in [0.2, 0.25) is 0 Å². The molecule has 1 aromatic rings. The van der Waals surface area contributed by atoms with Crippen LogP contribution in [-0.4, -0.2) is 16.6 Å². The van der Waals surface area contributed by atoms with Gasteiger partial charge < -0.3 is 10.5 Å². The Bertz CT molecular complexity index is 490. The van der Waals surface area contributed by atoms with Crippen LogP contribution in [0.25, 0.3) is 5.57 Å². The van der Waals surface area contributed by atoms with Gasteiger partial charge in [0, 0.05) is 5.38 Å². The number of hydrogen-bond acceptors (Lipinski definition) is 5. The molecule has 4 nitrogen and oxygen atoms in total. The minimum Gasteiger partial charge on any atom is -0.456 e. The van der Waals surface area contributed by atoms with Gasteiger partial charge in [-0.3, -0.25) is 0 Å². The number of aromatic nitrogens is 1. The van der Waals surface area contributed by atoms with Crippen LogP contribution in [0.4, 0.5) is 5.13 Å². The van der Waals surface area contributed by atoms with E-state index in [0.29, 0.717) is 16.4 Å². The molecule has 0 fully saturated rings. The maximum absolute atomic E-state index is 12.3. The van der Waals surface area contributed by atoms with Crippen molar-refractivity contribution in [2.45, 2.75) is 47.1 Å². The smallest absolute Gasteiger partial charge is 0.340 e. The number of anilines is 1. The summed E-state index contributed by atoms with van der Waals surface area (Å²) in [5.41, 5.74) is 6.00. The first kappa shape index (κ1) is 15.7. The van der Waals surface area contributed by atoms with Crippen molar-refractivity contribution >= 4 is 28.0 Å². The number of hydrogen-bond donors (Lipinski definition) is 1. The molecule has 0 amide bonds. The van der Waals surface area contributed by atoms with Crippen molar-refractivity contribution < 1.29 is 9.53 Å². The Morgan fingerprint density at radius 2 is 1.89 bits per heavy atom. The Labute approximate surface area is 118 Å². The Morgan fingerprint density at radius 3 is 2.26 bits per heavy atom. The predicted molar refractivity (Wildman–Crippen MR) is 79.8 cm³/mol. The lowest BCUT2D eigenvalue weighted by Crippen LogP contribution is -2.25. The Morgan fingerprint density at radius 1 is 1.32 bits per heavy atom. The zero-order chi connectivity index (χ0) is 14.8. The number of thiazole rings is 1. The number of carbonyl (C=O) groups is 1. The summed E-state index contributed by atoms with van der Waals surface area (Å²) in [5.74, 6) is -0.368. The molecule has 0 saturated carbocycles. The second-order valence-electron chi connectivity index (χ2n) is 6.50. The Kier molecular flexibility index (Phi) is 4.40. The van der Waals surface area contributed by atoms with E-state index in [9.17, 15) is 4.79 Å². The van der Waals surface area contributed by atoms with Gasteiger partial charge in [-0.25, -0.2) is 9.78 Å². The van der Waals surface area contributed by atoms with E-state index in [1.54, 1.807) is 5.38 Å². The lowest BCUT2D eigenvalue weighted by atomic mass is 9.92. The van der Waals surface area contributed by atoms with Gasteiger partial charge in [-0.15, -0.1) is 11.3 Å². The van der Waals surface area contributed by atoms with Gasteiger partial charge in [0.2, 0.25) is 0 Å². The van der Waals surface area contributed by atoms with Crippen LogP contribution in [0.3, 0.4) is 0 Å². The van der Waals surface area contributed by atoms with Crippen molar-refractivity contribution in [1.82, 2.24) is 4.98 Å². The first-order chi connectivity index (χ1) is 8.48. The van der Waals surface area contributed by atoms with E-state index in [4.69, 9.17) is 10.5 Å². The third kappa shape index (κ3) is 5.42. The number of nitrogens with zero attached hydrogens (tertiary/aromatic N) is 1. The topological polar surface area (TPSA) is 65.2 Å². The van der Waals surface area contributed by atoms with Crippen LogP contribution in [0, 0.1) is 5.41 Å². The highest BCUT2D eigenvalue weighted by atomic mass is 32.1. The summed E-state index contributed by atoms with van der Waals surface area (Å²) in [6, 6.07) is 0. The molecule has 0 atom stereocenters. The number of nitrogen functional groups attached to an aromatic ring is 1. The van der Waals surface area contributed by atoms with Crippen molar-refractivity contribution in [2.24, 2.45) is 5.41 Å². The van der Waals surface area contributed by atoms with Gasteiger partial charge in [0.15, 0.2) is 5.13 Å². The molecular formula is C14H22N2O2S. The highest BCUT2D eigenvalue weighted by Gasteiger charge is 2.24. The monoisotopic (exact) mass is 282 g/mol. The molecule has 0 aliphatic carbocycles. The van der Waals surface area contributed by atoms with Crippen LogP contribution in [0.15, 0.2) is 11.5 Å². The third-order valence-electron chi connectivity index (χ3n) is 1.99. The number of ether oxygens (including phenoxy) is 1. The number of esters is 1. The molecule has 0 aromatic carbocycles. The zero-order valence-corrected chi connectivity index (χ0v) is 13.2. The zero-order valence-electron chi connectivity index (χ0n) is 12.4. The second-order valence-corrected chi connectivity index (χ2v) is 7.39. The Hall–Kier alpha value is -1.36. The number of rotatable bonds is 2. The minimum atomic E-state index is -0.532. The van der Waals surface area contributed by atoms with E-state index in [2.05, 4.69) is 4.98 Å². The maximum Gasteiger partial charge on any atom is 0.340 e. The summed E-state index contributed by atoms with van der Waals surface area (Å²) in [5, 5.41) is 2.22. The normalized spacial score (nSPS) is 13.5. The van der Waals surface area contributed by atoms with Gasteiger partial charge in [-0.2, -0.15) is 0 Å². The van der Waals surface area contributed by atoms with Crippen LogP contribution in [0.1, 0.15) is 47.2 Å². The van der Waals surface area contributed by atoms with Gasteiger partial charge >= 0.3 is 5.97 Å². The standard InChI is InChI=1S/C14H22N2O2S/c1-13(2,3)7-9(10-8-19-12(15)16-10)11(17)18-14(4,5)6/h7-8H,1-6H3,(H2,15,16)/b9-7-. The molecule has 0 radical (unpaired) electrons. The minimum absolute atomic E-state index is 0.148. The van der Waals surface area contributed by atoms with Crippen LogP contribution >= 0.6 is 11.3 Å². The maximum atomic E-state index is 12.3. The molecule has 0 aliphatic heterocycles. The van der Waals surface area contributed by atoms with Crippen molar-refractivity contribution in [3.63, 3.8) is 0 Å². The SMILES string of the molecule is CC(C)(C)/C=C(\C(=O)OC(C)(C)C)c1csc(N)n1. The van der Waals surface area contributed by atoms with E-state index < -0.39 is 5.60 Å². The molecule has 0 spiro atoms. The van der Waals surface area contributed by atoms with Gasteiger partial charge in [-0.05, 0) is 26.2 Å². The Balaban J connectivity index is 3.15. The number of carbonyl (C=O) groups excluding carboxylic acids is 1. The fourth-order valence-corrected chi connectivity index (χ4v) is 1.98. The van der Waals surface area contributed by atoms with Crippen LogP contribution < -0.4 is 5.73 Å². The molecule has 1 rings (SSSR count). The predicted octanol–water partition coefficient (Wildman–Crippen LogP) is 3.50. The number of allylic oxidation sites excluding steroid dienone is 1. The second kappa shape index (κ2) is 5.33. The van der Waals surface area contributed by atoms with Crippen molar-refractivity contribution in [1.29, 1.82) is 0 Å². The van der Waals surface area contributed by atoms with E-state index in [1.165, 1.54) is 11.3 Å². The first-order valence-electron chi connectivity index (χ1n) is 6.15. The van der Waals surface area contributed by atoms with E-state index in [1.807, 2.05) is 47.6 Å². The molecule has 2 N–H and O–H groups in total. The average Bonchev–Trinajstić information content (AvgIpc) is 2.56. The molecule has 0 saturated heterocycles. The molecule has 19 heavy (non-hydrogen) atoms. The summed E-state index contributed by atoms with van der Waals surface area (Å²) in [7, 11) is 0. The van der Waals surface area contributed by atoms with E-state index >= 15 is 0 Å². The lowest BCUT2D eigenvalue weighted by Gasteiger charge is -2.21. The molecular weight excluding hydrogens is 260 g/mol. The molecule has 1 heterocycles. The molecule has 1 aromatic heterocycles. The fourth-order valence-electron chi connectivity index (χ4n) is 1.41. The third-order valence-corrected chi connectivity index (χ3v) is 2.67. The van der Waals surface area contributed by atoms with Gasteiger partial charge in [0.25, 0.3) is 0 Å². The molecule has 106 valence electrons. The van der Waals surface area contributed by atoms with Gasteiger partial charge in [-0.1, -0.05) is 26.8 Å². The highest BCUT2D eigenvalue weighted by Crippen LogP contribution is 2.27. The fraction of sp³-hybridized carbons (Fsp3) is 0.571. The first-order valence-corrected chi connectivity index (χ1v) is 7.03. The molecule has 5 heteroatoms. The summed E-state index contributed by atoms with van der Waals surface area (Å²) in [4.78, 5) is 16.5. The summed E-state index contributed by atoms with van der Waals surface area (Å²) < 4.78 is 5.43. The molecule has 0 unspecified atom stereocenters. The molecule has 0 aliphatic rings. The van der Waals surface area contributed by atoms with Crippen molar-refractivity contribution in [3.8, 4) is 0 Å². The quantitative estimate of drug-likeness (QED) is 0.666. The van der Waals surface area contributed by atoms with Gasteiger partial charge in [0.05, 0.1) is 11.3 Å². The van der Waals surface area contributed by atoms with Crippen LogP contribution in [-0.2, 0) is 9.53 Å². The average molecular weight is 282 g/mol. The van der Waals surface area contributed by atoms with E-state index in [-0.39, 0.29) is 11.4 Å². The largest absolute Gasteiger partial charge is 0.456 e. The highest BCUT2D eigenvalue weighted by molar-refractivity contribution is 7.13. The van der Waals surface area contributed by atoms with E-state index in [0.717, 1.165) is 0 Å². The lowest BCUT2D eigenvalue weighted by molar-refractivity contribution is -0.147. The summed E-state index contributed by atoms with van der Waals surface area (Å²) in [6.07, 6.45) is 1.87. The molecule has 0 bridgehead atoms. The summed E-state index contributed by atoms with van der Waals surface area (Å²) in [6.45, 7) is 11.6. The number of nitrogens with two attached hydrogens (primary N) is 1. The van der Waals surface area contributed by atoms with Gasteiger partial charge in [0.1, 0.15) is 5.60 Å². The van der Waals surface area contributed by atoms with Crippen molar-refractivity contribution in [2.75, 3.05) is 5.73 Å². The summed E-state index contributed by atoms with van der Waals surface area (Å²) >= 11 is 1.31. The van der Waals surface area contributed by atoms with Crippen molar-refractivity contribution in [3.05, 3.63) is 17.2 Å².